The molecule has 2 aliphatic rings. The van der Waals surface area contributed by atoms with Gasteiger partial charge < -0.3 is 25.8 Å². The van der Waals surface area contributed by atoms with Crippen LogP contribution in [0.1, 0.15) is 116 Å². The number of amides is 4. The number of hydrogen-bond acceptors (Lipinski definition) is 12. The Bertz CT molecular complexity index is 2080. The maximum atomic E-state index is 14.3. The molecule has 2 aliphatic heterocycles. The van der Waals surface area contributed by atoms with Crippen molar-refractivity contribution < 1.29 is 56.6 Å². The van der Waals surface area contributed by atoms with Gasteiger partial charge in [0.2, 0.25) is 37.2 Å². The summed E-state index contributed by atoms with van der Waals surface area (Å²) >= 11 is 0. The minimum Gasteiger partial charge on any atom is -0.438 e. The van der Waals surface area contributed by atoms with E-state index >= 15 is 0 Å². The van der Waals surface area contributed by atoms with Gasteiger partial charge in [-0.3, -0.25) is 52.1 Å². The van der Waals surface area contributed by atoms with Crippen molar-refractivity contribution in [2.45, 2.75) is 119 Å². The molecule has 0 spiro atoms. The summed E-state index contributed by atoms with van der Waals surface area (Å²) in [7, 11) is -4.75. The van der Waals surface area contributed by atoms with Crippen LogP contribution in [0.4, 0.5) is 5.69 Å². The van der Waals surface area contributed by atoms with Gasteiger partial charge in [-0.1, -0.05) is 63.2 Å². The minimum absolute atomic E-state index is 0.0222. The van der Waals surface area contributed by atoms with Crippen LogP contribution in [0.25, 0.3) is 5.57 Å². The molecule has 0 saturated heterocycles. The molecule has 0 fully saturated rings. The summed E-state index contributed by atoms with van der Waals surface area (Å²) in [5, 5.41) is 5.95. The number of ether oxygens (including phenoxy) is 2. The van der Waals surface area contributed by atoms with E-state index in [1.807, 2.05) is 39.0 Å². The number of primary amides is 1. The Labute approximate surface area is 363 Å². The molecule has 62 heavy (non-hydrogen) atoms. The summed E-state index contributed by atoms with van der Waals surface area (Å²) < 4.78 is 34.3. The standard InChI is InChI=1S/C45H61N4O12P/c1-26(2)28(4)33(20-21-36(46)50)48-39(52)35-23-32-13-11-12-30-18-19-34(40(53)49(35)38(30)32)47-37(51)22-27(3)29-14-16-31(17-15-29)41(54)62(57,60-24-58-42(55)44(5,6)7)61-25-59-43(56)45(8,9)10/h11-17,22,26,28,33-35H,18-21,23-25H2,1-10H3,(H2,46,50)(H,47,51)(H,48,52)/b27-22+/t28-,33-,34-,35-/m0/s1. The van der Waals surface area contributed by atoms with Gasteiger partial charge in [0.25, 0.3) is 5.52 Å². The van der Waals surface area contributed by atoms with Crippen molar-refractivity contribution in [1.82, 2.24) is 10.6 Å². The van der Waals surface area contributed by atoms with Crippen molar-refractivity contribution in [3.63, 3.8) is 0 Å². The molecule has 4 atom stereocenters. The number of carbonyl (C=O) groups is 7. The van der Waals surface area contributed by atoms with E-state index < -0.39 is 79.3 Å². The molecule has 17 heteroatoms. The fourth-order valence-corrected chi connectivity index (χ4v) is 8.05. The lowest BCUT2D eigenvalue weighted by atomic mass is 9.87. The molecule has 16 nitrogen and oxygen atoms in total. The van der Waals surface area contributed by atoms with Gasteiger partial charge >= 0.3 is 19.5 Å². The van der Waals surface area contributed by atoms with Crippen LogP contribution in [-0.4, -0.2) is 72.8 Å². The average molecular weight is 881 g/mol. The van der Waals surface area contributed by atoms with Crippen LogP contribution in [0.15, 0.2) is 48.5 Å². The first-order valence-corrected chi connectivity index (χ1v) is 22.3. The Morgan fingerprint density at radius 2 is 1.42 bits per heavy atom. The summed E-state index contributed by atoms with van der Waals surface area (Å²) in [6.07, 6.45) is 2.83. The van der Waals surface area contributed by atoms with Gasteiger partial charge in [0.1, 0.15) is 12.1 Å². The minimum atomic E-state index is -4.75. The third-order valence-corrected chi connectivity index (χ3v) is 12.6. The number of carbonyl (C=O) groups excluding carboxylic acids is 7. The third-order valence-electron chi connectivity index (χ3n) is 11.0. The number of rotatable bonds is 18. The van der Waals surface area contributed by atoms with E-state index in [4.69, 9.17) is 24.3 Å². The fourth-order valence-electron chi connectivity index (χ4n) is 6.90. The Morgan fingerprint density at radius 1 is 0.871 bits per heavy atom. The molecule has 338 valence electrons. The van der Waals surface area contributed by atoms with Crippen molar-refractivity contribution in [3.05, 3.63) is 70.8 Å². The van der Waals surface area contributed by atoms with E-state index in [1.54, 1.807) is 48.5 Å². The van der Waals surface area contributed by atoms with Crippen LogP contribution < -0.4 is 21.3 Å². The van der Waals surface area contributed by atoms with E-state index in [2.05, 4.69) is 10.6 Å². The maximum absolute atomic E-state index is 14.3. The number of nitrogens with zero attached hydrogens (tertiary/aromatic N) is 1. The van der Waals surface area contributed by atoms with Crippen molar-refractivity contribution in [3.8, 4) is 0 Å². The SMILES string of the molecule is C/C(=C\C(=O)N[C@H]1CCc2cccc3c2N(C1=O)[C@H](C(=O)N[C@@H](CCC(N)=O)[C@@H](C)C(C)C)C3)c1ccc(C(=O)P(=O)(OCOC(=O)C(C)(C)C)OCOC(=O)C(C)(C)C)cc1. The number of aryl methyl sites for hydroxylation is 1. The van der Waals surface area contributed by atoms with E-state index in [0.717, 1.165) is 11.1 Å². The van der Waals surface area contributed by atoms with Gasteiger partial charge in [-0.15, -0.1) is 0 Å². The van der Waals surface area contributed by atoms with Crippen LogP contribution in [-0.2, 0) is 64.7 Å². The number of anilines is 1. The van der Waals surface area contributed by atoms with Gasteiger partial charge in [0, 0.05) is 30.5 Å². The quantitative estimate of drug-likeness (QED) is 0.0680. The Balaban J connectivity index is 1.49. The Morgan fingerprint density at radius 3 is 1.95 bits per heavy atom. The number of para-hydroxylation sites is 1. The summed E-state index contributed by atoms with van der Waals surface area (Å²) in [6, 6.07) is 9.24. The highest BCUT2D eigenvalue weighted by molar-refractivity contribution is 7.72. The van der Waals surface area contributed by atoms with Crippen molar-refractivity contribution in [2.75, 3.05) is 18.5 Å². The second kappa shape index (κ2) is 20.3. The first kappa shape index (κ1) is 49.5. The Kier molecular flexibility index (Phi) is 16.2. The summed E-state index contributed by atoms with van der Waals surface area (Å²) in [4.78, 5) is 93.1. The zero-order valence-electron chi connectivity index (χ0n) is 37.3. The van der Waals surface area contributed by atoms with Gasteiger partial charge in [-0.25, -0.2) is 0 Å². The van der Waals surface area contributed by atoms with Crippen LogP contribution >= 0.6 is 7.60 Å². The first-order valence-electron chi connectivity index (χ1n) is 20.7. The van der Waals surface area contributed by atoms with Gasteiger partial charge in [0.05, 0.1) is 16.5 Å². The predicted octanol–water partition coefficient (Wildman–Crippen LogP) is 5.98. The Hall–Kier alpha value is -5.18. The number of hydrogen-bond donors (Lipinski definition) is 3. The molecule has 2 aromatic rings. The van der Waals surface area contributed by atoms with Crippen molar-refractivity contribution >= 4 is 59.9 Å². The lowest BCUT2D eigenvalue weighted by molar-refractivity contribution is -0.162. The van der Waals surface area contributed by atoms with Crippen LogP contribution in [0.5, 0.6) is 0 Å². The van der Waals surface area contributed by atoms with Gasteiger partial charge in [-0.2, -0.15) is 0 Å². The normalized spacial score (nSPS) is 17.7. The average Bonchev–Trinajstić information content (AvgIpc) is 3.53. The van der Waals surface area contributed by atoms with E-state index in [9.17, 15) is 38.1 Å². The van der Waals surface area contributed by atoms with Crippen LogP contribution in [0.2, 0.25) is 0 Å². The zero-order valence-corrected chi connectivity index (χ0v) is 38.2. The lowest BCUT2D eigenvalue weighted by Gasteiger charge is -2.32. The van der Waals surface area contributed by atoms with E-state index in [1.165, 1.54) is 35.2 Å². The van der Waals surface area contributed by atoms with Crippen molar-refractivity contribution in [2.24, 2.45) is 28.4 Å². The molecule has 0 unspecified atom stereocenters. The predicted molar refractivity (Wildman–Crippen MR) is 231 cm³/mol. The summed E-state index contributed by atoms with van der Waals surface area (Å²) in [5.41, 5.74) is 5.81. The topological polar surface area (TPSA) is 227 Å². The van der Waals surface area contributed by atoms with Gasteiger partial charge in [-0.05, 0) is 102 Å². The van der Waals surface area contributed by atoms with Crippen LogP contribution in [0, 0.1) is 22.7 Å². The molecule has 0 aliphatic carbocycles. The number of benzene rings is 2. The molecule has 0 radical (unpaired) electrons. The second-order valence-corrected chi connectivity index (χ2v) is 20.2. The smallest absolute Gasteiger partial charge is 0.407 e. The van der Waals surface area contributed by atoms with Crippen molar-refractivity contribution in [1.29, 1.82) is 0 Å². The molecular weight excluding hydrogens is 819 g/mol. The fraction of sp³-hybridized carbons (Fsp3) is 0.533. The molecule has 2 heterocycles. The molecule has 4 amide bonds. The summed E-state index contributed by atoms with van der Waals surface area (Å²) in [6.45, 7) is 15.6. The largest absolute Gasteiger partial charge is 0.438 e. The monoisotopic (exact) mass is 880 g/mol. The number of esters is 2. The third kappa shape index (κ3) is 12.5. The molecule has 0 aromatic heterocycles. The maximum Gasteiger partial charge on any atom is 0.407 e. The number of nitrogens with one attached hydrogen (secondary N) is 2. The molecule has 2 aromatic carbocycles. The molecule has 4 N–H and O–H groups in total. The molecule has 0 bridgehead atoms. The number of nitrogens with two attached hydrogens (primary N) is 1. The highest BCUT2D eigenvalue weighted by atomic mass is 31.2. The summed E-state index contributed by atoms with van der Waals surface area (Å²) in [5.74, 6) is -2.95. The van der Waals surface area contributed by atoms with E-state index in [-0.39, 0.29) is 42.2 Å². The molecule has 0 saturated carbocycles. The number of allylic oxidation sites excluding steroid dienone is 1. The van der Waals surface area contributed by atoms with E-state index in [0.29, 0.717) is 36.1 Å². The van der Waals surface area contributed by atoms with Gasteiger partial charge in [0.15, 0.2) is 0 Å². The second-order valence-electron chi connectivity index (χ2n) is 18.2. The first-order chi connectivity index (χ1) is 28.8. The molecular formula is C45H61N4O12P. The van der Waals surface area contributed by atoms with Crippen LogP contribution in [0.3, 0.4) is 0 Å². The highest BCUT2D eigenvalue weighted by Gasteiger charge is 2.45. The highest BCUT2D eigenvalue weighted by Crippen LogP contribution is 2.51. The molecule has 4 rings (SSSR count). The lowest BCUT2D eigenvalue weighted by Crippen LogP contribution is -2.56. The zero-order chi connectivity index (χ0) is 46.3.